The van der Waals surface area contributed by atoms with Gasteiger partial charge in [0.15, 0.2) is 0 Å². The van der Waals surface area contributed by atoms with E-state index in [-0.39, 0.29) is 16.1 Å². The highest BCUT2D eigenvalue weighted by molar-refractivity contribution is 7.89. The van der Waals surface area contributed by atoms with Gasteiger partial charge in [0.2, 0.25) is 10.0 Å². The van der Waals surface area contributed by atoms with Gasteiger partial charge in [-0.05, 0) is 36.8 Å². The van der Waals surface area contributed by atoms with E-state index in [1.165, 1.54) is 16.4 Å². The van der Waals surface area contributed by atoms with Crippen molar-refractivity contribution in [1.82, 2.24) is 9.29 Å². The molecule has 0 bridgehead atoms. The van der Waals surface area contributed by atoms with Crippen molar-refractivity contribution in [3.63, 3.8) is 0 Å². The molecule has 1 N–H and O–H groups in total. The first kappa shape index (κ1) is 21.8. The van der Waals surface area contributed by atoms with Gasteiger partial charge in [-0.3, -0.25) is 9.78 Å². The molecule has 0 fully saturated rings. The van der Waals surface area contributed by atoms with Crippen LogP contribution >= 0.6 is 0 Å². The quantitative estimate of drug-likeness (QED) is 0.780. The molecule has 0 aliphatic heterocycles. The van der Waals surface area contributed by atoms with Crippen molar-refractivity contribution in [3.8, 4) is 0 Å². The van der Waals surface area contributed by atoms with Crippen LogP contribution in [0.25, 0.3) is 0 Å². The van der Waals surface area contributed by atoms with Crippen LogP contribution in [0.5, 0.6) is 0 Å². The zero-order valence-corrected chi connectivity index (χ0v) is 16.4. The molecule has 0 atom stereocenters. The van der Waals surface area contributed by atoms with Crippen LogP contribution in [-0.2, 0) is 16.2 Å². The number of pyridine rings is 1. The van der Waals surface area contributed by atoms with Gasteiger partial charge in [-0.2, -0.15) is 17.5 Å². The first-order valence-electron chi connectivity index (χ1n) is 8.46. The van der Waals surface area contributed by atoms with Crippen LogP contribution in [0.3, 0.4) is 0 Å². The highest BCUT2D eigenvalue weighted by atomic mass is 32.2. The zero-order chi connectivity index (χ0) is 21.1. The van der Waals surface area contributed by atoms with E-state index in [0.717, 1.165) is 12.3 Å². The summed E-state index contributed by atoms with van der Waals surface area (Å²) in [7, 11) is -3.73. The van der Waals surface area contributed by atoms with Crippen molar-refractivity contribution >= 4 is 21.6 Å². The molecule has 0 saturated heterocycles. The molecule has 2 aromatic rings. The predicted octanol–water partition coefficient (Wildman–Crippen LogP) is 3.69. The van der Waals surface area contributed by atoms with Crippen molar-refractivity contribution in [2.24, 2.45) is 0 Å². The number of halogens is 3. The molecule has 0 aliphatic rings. The number of rotatable bonds is 6. The summed E-state index contributed by atoms with van der Waals surface area (Å²) < 4.78 is 64.5. The minimum atomic E-state index is -4.60. The molecule has 1 heterocycles. The molecule has 1 aromatic carbocycles. The van der Waals surface area contributed by atoms with Crippen LogP contribution in [-0.4, -0.2) is 36.7 Å². The minimum Gasteiger partial charge on any atom is -0.322 e. The number of hydrogen-bond donors (Lipinski definition) is 1. The van der Waals surface area contributed by atoms with Crippen molar-refractivity contribution in [2.45, 2.75) is 31.8 Å². The fourth-order valence-corrected chi connectivity index (χ4v) is 4.27. The first-order chi connectivity index (χ1) is 13.0. The Morgan fingerprint density at radius 2 is 1.79 bits per heavy atom. The summed E-state index contributed by atoms with van der Waals surface area (Å²) in [5.41, 5.74) is -0.462. The maximum absolute atomic E-state index is 12.8. The average molecular weight is 415 g/mol. The van der Waals surface area contributed by atoms with E-state index in [2.05, 4.69) is 10.3 Å². The van der Waals surface area contributed by atoms with E-state index in [9.17, 15) is 26.4 Å². The van der Waals surface area contributed by atoms with Crippen molar-refractivity contribution in [3.05, 3.63) is 53.3 Å². The average Bonchev–Trinajstić information content (AvgIpc) is 2.63. The molecule has 0 radical (unpaired) electrons. The second-order valence-electron chi connectivity index (χ2n) is 5.95. The summed E-state index contributed by atoms with van der Waals surface area (Å²) in [6.45, 7) is 5.68. The number of nitrogens with one attached hydrogen (secondary N) is 1. The van der Waals surface area contributed by atoms with Gasteiger partial charge >= 0.3 is 6.18 Å². The molecule has 0 aliphatic carbocycles. The minimum absolute atomic E-state index is 0.0551. The molecule has 10 heteroatoms. The topological polar surface area (TPSA) is 79.4 Å². The fraction of sp³-hybridized carbons (Fsp3) is 0.333. The van der Waals surface area contributed by atoms with Crippen molar-refractivity contribution in [1.29, 1.82) is 0 Å². The summed E-state index contributed by atoms with van der Waals surface area (Å²) in [5.74, 6) is -0.698. The smallest absolute Gasteiger partial charge is 0.322 e. The van der Waals surface area contributed by atoms with Crippen LogP contribution in [0.1, 0.15) is 35.5 Å². The molecule has 6 nitrogen and oxygen atoms in total. The Morgan fingerprint density at radius 3 is 2.29 bits per heavy atom. The summed E-state index contributed by atoms with van der Waals surface area (Å²) in [5, 5.41) is 2.49. The monoisotopic (exact) mass is 415 g/mol. The molecule has 0 spiro atoms. The number of sulfonamides is 1. The van der Waals surface area contributed by atoms with E-state index in [0.29, 0.717) is 24.7 Å². The molecular formula is C18H20F3N3O3S. The molecule has 28 heavy (non-hydrogen) atoms. The number of aryl methyl sites for hydroxylation is 1. The first-order valence-corrected chi connectivity index (χ1v) is 9.90. The number of carbonyl (C=O) groups excluding carboxylic acids is 1. The lowest BCUT2D eigenvalue weighted by molar-refractivity contribution is -0.141. The Kier molecular flexibility index (Phi) is 6.45. The van der Waals surface area contributed by atoms with Gasteiger partial charge in [0, 0.05) is 25.0 Å². The molecule has 152 valence electrons. The third-order valence-corrected chi connectivity index (χ3v) is 6.28. The van der Waals surface area contributed by atoms with Crippen LogP contribution in [0.4, 0.5) is 18.9 Å². The lowest BCUT2D eigenvalue weighted by atomic mass is 10.2. The van der Waals surface area contributed by atoms with Gasteiger partial charge in [0.05, 0.1) is 10.5 Å². The van der Waals surface area contributed by atoms with Gasteiger partial charge in [0.25, 0.3) is 5.91 Å². The lowest BCUT2D eigenvalue weighted by Gasteiger charge is -2.20. The fourth-order valence-electron chi connectivity index (χ4n) is 2.56. The largest absolute Gasteiger partial charge is 0.433 e. The number of benzene rings is 1. The van der Waals surface area contributed by atoms with Crippen molar-refractivity contribution < 1.29 is 26.4 Å². The standard InChI is InChI=1S/C18H20F3N3O3S/c1-4-24(5-2)28(26,27)15-10-14(8-6-12(15)3)23-17(25)13-7-9-16(22-11-13)18(19,20)21/h6-11H,4-5H2,1-3H3,(H,23,25). The van der Waals surface area contributed by atoms with Crippen LogP contribution < -0.4 is 5.32 Å². The second-order valence-corrected chi connectivity index (χ2v) is 7.86. The van der Waals surface area contributed by atoms with Gasteiger partial charge in [-0.15, -0.1) is 0 Å². The third-order valence-electron chi connectivity index (χ3n) is 4.09. The molecule has 0 saturated carbocycles. The summed E-state index contributed by atoms with van der Waals surface area (Å²) in [6, 6.07) is 6.12. The van der Waals surface area contributed by atoms with Crippen LogP contribution in [0.15, 0.2) is 41.4 Å². The van der Waals surface area contributed by atoms with Crippen LogP contribution in [0, 0.1) is 6.92 Å². The zero-order valence-electron chi connectivity index (χ0n) is 15.5. The van der Waals surface area contributed by atoms with Gasteiger partial charge in [-0.1, -0.05) is 19.9 Å². The van der Waals surface area contributed by atoms with E-state index in [4.69, 9.17) is 0 Å². The maximum atomic E-state index is 12.8. The maximum Gasteiger partial charge on any atom is 0.433 e. The molecule has 1 aromatic heterocycles. The Balaban J connectivity index is 2.29. The highest BCUT2D eigenvalue weighted by Crippen LogP contribution is 2.27. The molecule has 0 unspecified atom stereocenters. The van der Waals surface area contributed by atoms with Crippen LogP contribution in [0.2, 0.25) is 0 Å². The summed E-state index contributed by atoms with van der Waals surface area (Å²) >= 11 is 0. The molecular weight excluding hydrogens is 395 g/mol. The van der Waals surface area contributed by atoms with E-state index < -0.39 is 27.8 Å². The van der Waals surface area contributed by atoms with Crippen molar-refractivity contribution in [2.75, 3.05) is 18.4 Å². The molecule has 1 amide bonds. The van der Waals surface area contributed by atoms with Gasteiger partial charge < -0.3 is 5.32 Å². The van der Waals surface area contributed by atoms with E-state index >= 15 is 0 Å². The Bertz CT molecular complexity index is 954. The Morgan fingerprint density at radius 1 is 1.14 bits per heavy atom. The summed E-state index contributed by atoms with van der Waals surface area (Å²) in [6.07, 6.45) is -3.78. The number of alkyl halides is 3. The van der Waals surface area contributed by atoms with E-state index in [1.807, 2.05) is 0 Å². The number of nitrogens with zero attached hydrogens (tertiary/aromatic N) is 2. The lowest BCUT2D eigenvalue weighted by Crippen LogP contribution is -2.31. The summed E-state index contributed by atoms with van der Waals surface area (Å²) in [4.78, 5) is 15.6. The number of anilines is 1. The Labute approximate surface area is 161 Å². The van der Waals surface area contributed by atoms with E-state index in [1.54, 1.807) is 26.8 Å². The number of carbonyl (C=O) groups is 1. The number of hydrogen-bond acceptors (Lipinski definition) is 4. The SMILES string of the molecule is CCN(CC)S(=O)(=O)c1cc(NC(=O)c2ccc(C(F)(F)F)nc2)ccc1C. The third kappa shape index (κ3) is 4.68. The number of amides is 1. The second kappa shape index (κ2) is 8.27. The number of aromatic nitrogens is 1. The van der Waals surface area contributed by atoms with Gasteiger partial charge in [0.1, 0.15) is 5.69 Å². The van der Waals surface area contributed by atoms with Gasteiger partial charge in [-0.25, -0.2) is 8.42 Å². The normalized spacial score (nSPS) is 12.2. The molecule has 2 rings (SSSR count). The Hall–Kier alpha value is -2.46. The highest BCUT2D eigenvalue weighted by Gasteiger charge is 2.32. The predicted molar refractivity (Wildman–Crippen MR) is 98.5 cm³/mol.